The van der Waals surface area contributed by atoms with Crippen LogP contribution in [0, 0.1) is 24.7 Å². The first-order valence-corrected chi connectivity index (χ1v) is 9.17. The highest BCUT2D eigenvalue weighted by atomic mass is 16.2. The highest BCUT2D eigenvalue weighted by molar-refractivity contribution is 5.80. The first kappa shape index (κ1) is 15.7. The van der Waals surface area contributed by atoms with E-state index < -0.39 is 0 Å². The fourth-order valence-corrected chi connectivity index (χ4v) is 4.78. The van der Waals surface area contributed by atoms with E-state index in [4.69, 9.17) is 0 Å². The van der Waals surface area contributed by atoms with Crippen LogP contribution in [0.2, 0.25) is 0 Å². The van der Waals surface area contributed by atoms with Crippen molar-refractivity contribution in [3.8, 4) is 0 Å². The predicted molar refractivity (Wildman–Crippen MR) is 92.2 cm³/mol. The van der Waals surface area contributed by atoms with Gasteiger partial charge in [-0.3, -0.25) is 9.59 Å². The average Bonchev–Trinajstić information content (AvgIpc) is 3.03. The van der Waals surface area contributed by atoms with Crippen molar-refractivity contribution >= 4 is 11.8 Å². The molecule has 0 radical (unpaired) electrons. The van der Waals surface area contributed by atoms with Crippen molar-refractivity contribution in [1.82, 2.24) is 9.80 Å². The van der Waals surface area contributed by atoms with Crippen LogP contribution in [0.25, 0.3) is 0 Å². The minimum Gasteiger partial charge on any atom is -0.342 e. The van der Waals surface area contributed by atoms with E-state index in [1.54, 1.807) is 6.92 Å². The van der Waals surface area contributed by atoms with Crippen molar-refractivity contribution in [3.63, 3.8) is 0 Å². The maximum Gasteiger partial charge on any atom is 0.225 e. The third-order valence-corrected chi connectivity index (χ3v) is 6.34. The van der Waals surface area contributed by atoms with E-state index in [0.29, 0.717) is 17.7 Å². The minimum atomic E-state index is 0.118. The zero-order valence-electron chi connectivity index (χ0n) is 14.6. The van der Waals surface area contributed by atoms with Crippen molar-refractivity contribution in [3.05, 3.63) is 35.4 Å². The number of carbonyl (C=O) groups excluding carboxylic acids is 2. The van der Waals surface area contributed by atoms with Crippen LogP contribution in [-0.4, -0.2) is 41.2 Å². The molecule has 1 saturated carbocycles. The van der Waals surface area contributed by atoms with Gasteiger partial charge in [0.05, 0.1) is 6.04 Å². The Hall–Kier alpha value is -1.84. The van der Waals surface area contributed by atoms with Crippen molar-refractivity contribution < 1.29 is 9.59 Å². The molecular formula is C20H26N2O2. The number of amides is 2. The number of hydrogen-bond donors (Lipinski definition) is 0. The fraction of sp³-hybridized carbons (Fsp3) is 0.600. The van der Waals surface area contributed by atoms with Crippen LogP contribution in [0.4, 0.5) is 0 Å². The number of benzene rings is 1. The van der Waals surface area contributed by atoms with Crippen molar-refractivity contribution in [2.45, 2.75) is 39.2 Å². The molecule has 4 rings (SSSR count). The molecule has 1 aromatic rings. The van der Waals surface area contributed by atoms with Gasteiger partial charge in [-0.05, 0) is 30.9 Å². The molecule has 1 aromatic carbocycles. The Morgan fingerprint density at radius 1 is 1.08 bits per heavy atom. The molecule has 0 aromatic heterocycles. The molecule has 3 atom stereocenters. The van der Waals surface area contributed by atoms with Gasteiger partial charge in [-0.15, -0.1) is 0 Å². The summed E-state index contributed by atoms with van der Waals surface area (Å²) < 4.78 is 0. The van der Waals surface area contributed by atoms with Gasteiger partial charge in [0.25, 0.3) is 0 Å². The minimum absolute atomic E-state index is 0.118. The van der Waals surface area contributed by atoms with Crippen LogP contribution >= 0.6 is 0 Å². The van der Waals surface area contributed by atoms with E-state index in [9.17, 15) is 9.59 Å². The lowest BCUT2D eigenvalue weighted by Crippen LogP contribution is -2.40. The van der Waals surface area contributed by atoms with E-state index in [0.717, 1.165) is 32.5 Å². The largest absolute Gasteiger partial charge is 0.342 e. The van der Waals surface area contributed by atoms with Gasteiger partial charge in [-0.25, -0.2) is 0 Å². The Labute approximate surface area is 143 Å². The van der Waals surface area contributed by atoms with Crippen molar-refractivity contribution in [1.29, 1.82) is 0 Å². The topological polar surface area (TPSA) is 40.6 Å². The molecule has 0 N–H and O–H groups in total. The summed E-state index contributed by atoms with van der Waals surface area (Å²) in [5.41, 5.74) is 2.48. The first-order valence-electron chi connectivity index (χ1n) is 9.17. The Morgan fingerprint density at radius 3 is 2.46 bits per heavy atom. The highest BCUT2D eigenvalue weighted by Crippen LogP contribution is 2.46. The number of nitrogens with zero attached hydrogens (tertiary/aromatic N) is 2. The third-order valence-electron chi connectivity index (χ3n) is 6.34. The lowest BCUT2D eigenvalue weighted by molar-refractivity contribution is -0.137. The highest BCUT2D eigenvalue weighted by Gasteiger charge is 2.50. The maximum atomic E-state index is 12.6. The monoisotopic (exact) mass is 326 g/mol. The number of likely N-dealkylation sites (tertiary alicyclic amines) is 2. The van der Waals surface area contributed by atoms with E-state index in [1.165, 1.54) is 17.5 Å². The maximum absolute atomic E-state index is 12.6. The quantitative estimate of drug-likeness (QED) is 0.838. The lowest BCUT2D eigenvalue weighted by Gasteiger charge is -2.32. The molecule has 1 aliphatic carbocycles. The van der Waals surface area contributed by atoms with Gasteiger partial charge in [-0.2, -0.15) is 0 Å². The summed E-state index contributed by atoms with van der Waals surface area (Å²) in [5, 5.41) is 0. The van der Waals surface area contributed by atoms with Gasteiger partial charge in [-0.1, -0.05) is 30.7 Å². The fourth-order valence-electron chi connectivity index (χ4n) is 4.78. The van der Waals surface area contributed by atoms with Crippen molar-refractivity contribution in [2.24, 2.45) is 17.8 Å². The molecule has 2 aliphatic heterocycles. The van der Waals surface area contributed by atoms with E-state index >= 15 is 0 Å². The summed E-state index contributed by atoms with van der Waals surface area (Å²) in [6.45, 7) is 6.21. The normalized spacial score (nSPS) is 29.5. The smallest absolute Gasteiger partial charge is 0.225 e. The van der Waals surface area contributed by atoms with Gasteiger partial charge in [0, 0.05) is 44.3 Å². The molecule has 0 unspecified atom stereocenters. The van der Waals surface area contributed by atoms with Crippen molar-refractivity contribution in [2.75, 3.05) is 19.6 Å². The number of hydrogen-bond acceptors (Lipinski definition) is 2. The average molecular weight is 326 g/mol. The SMILES string of the molecule is CC(=O)N1C[C@H]2CN(C(=O)C3CCC3)C[C@H]2[C@H]1c1ccccc1C. The molecular weight excluding hydrogens is 300 g/mol. The second-order valence-corrected chi connectivity index (χ2v) is 7.77. The Morgan fingerprint density at radius 2 is 1.83 bits per heavy atom. The van der Waals surface area contributed by atoms with Gasteiger partial charge < -0.3 is 9.80 Å². The number of rotatable bonds is 2. The summed E-state index contributed by atoms with van der Waals surface area (Å²) in [5.74, 6) is 1.56. The third kappa shape index (κ3) is 2.43. The van der Waals surface area contributed by atoms with Crippen LogP contribution in [0.3, 0.4) is 0 Å². The molecule has 0 bridgehead atoms. The van der Waals surface area contributed by atoms with E-state index in [2.05, 4.69) is 30.0 Å². The zero-order chi connectivity index (χ0) is 16.8. The lowest BCUT2D eigenvalue weighted by atomic mass is 9.84. The molecule has 0 spiro atoms. The number of aryl methyl sites for hydroxylation is 1. The van der Waals surface area contributed by atoms with E-state index in [1.807, 2.05) is 11.0 Å². The van der Waals surface area contributed by atoms with Crippen LogP contribution in [-0.2, 0) is 9.59 Å². The molecule has 4 heteroatoms. The van der Waals surface area contributed by atoms with Gasteiger partial charge in [0.1, 0.15) is 0 Å². The molecule has 2 saturated heterocycles. The summed E-state index contributed by atoms with van der Waals surface area (Å²) in [6, 6.07) is 8.49. The van der Waals surface area contributed by atoms with Crippen LogP contribution in [0.5, 0.6) is 0 Å². The van der Waals surface area contributed by atoms with E-state index in [-0.39, 0.29) is 17.9 Å². The van der Waals surface area contributed by atoms with Crippen LogP contribution in [0.1, 0.15) is 43.4 Å². The summed E-state index contributed by atoms with van der Waals surface area (Å²) in [4.78, 5) is 28.9. The predicted octanol–water partition coefficient (Wildman–Crippen LogP) is 2.77. The Balaban J connectivity index is 1.60. The molecule has 4 nitrogen and oxygen atoms in total. The molecule has 3 aliphatic rings. The summed E-state index contributed by atoms with van der Waals surface area (Å²) >= 11 is 0. The molecule has 2 heterocycles. The molecule has 3 fully saturated rings. The van der Waals surface area contributed by atoms with Crippen LogP contribution in [0.15, 0.2) is 24.3 Å². The zero-order valence-corrected chi connectivity index (χ0v) is 14.6. The summed E-state index contributed by atoms with van der Waals surface area (Å²) in [7, 11) is 0. The van der Waals surface area contributed by atoms with Crippen LogP contribution < -0.4 is 0 Å². The van der Waals surface area contributed by atoms with Gasteiger partial charge in [0.2, 0.25) is 11.8 Å². The van der Waals surface area contributed by atoms with Gasteiger partial charge in [0.15, 0.2) is 0 Å². The van der Waals surface area contributed by atoms with Gasteiger partial charge >= 0.3 is 0 Å². The second kappa shape index (κ2) is 5.91. The number of fused-ring (bicyclic) bond motifs is 1. The Kier molecular flexibility index (Phi) is 3.86. The Bertz CT molecular complexity index is 667. The molecule has 128 valence electrons. The first-order chi connectivity index (χ1) is 11.6. The standard InChI is InChI=1S/C20H26N2O2/c1-13-6-3-4-9-17(13)19-18-12-21(20(24)15-7-5-8-15)10-16(18)11-22(19)14(2)23/h3-4,6,9,15-16,18-19H,5,7-8,10-12H2,1-2H3/t16-,18-,19-/m1/s1. The second-order valence-electron chi connectivity index (χ2n) is 7.77. The summed E-state index contributed by atoms with van der Waals surface area (Å²) in [6.07, 6.45) is 3.32. The molecule has 2 amide bonds. The number of carbonyl (C=O) groups is 2. The molecule has 24 heavy (non-hydrogen) atoms.